The van der Waals surface area contributed by atoms with E-state index in [0.717, 1.165) is 40.5 Å². The number of ether oxygens (including phenoxy) is 2. The molecule has 0 saturated heterocycles. The average Bonchev–Trinajstić information content (AvgIpc) is 2.98. The third-order valence-electron chi connectivity index (χ3n) is 5.06. The van der Waals surface area contributed by atoms with Crippen molar-refractivity contribution in [2.75, 3.05) is 6.61 Å². The van der Waals surface area contributed by atoms with Crippen LogP contribution in [0.25, 0.3) is 22.4 Å². The molecule has 0 unspecified atom stereocenters. The van der Waals surface area contributed by atoms with Gasteiger partial charge in [-0.1, -0.05) is 49.4 Å². The molecule has 150 valence electrons. The number of rotatable bonds is 6. The highest BCUT2D eigenvalue weighted by atomic mass is 35.5. The fourth-order valence-corrected chi connectivity index (χ4v) is 4.44. The average molecular weight is 426 g/mol. The highest BCUT2D eigenvalue weighted by molar-refractivity contribution is 6.76. The molecule has 29 heavy (non-hydrogen) atoms. The molecule has 2 heterocycles. The van der Waals surface area contributed by atoms with Crippen LogP contribution in [0.15, 0.2) is 48.5 Å². The predicted molar refractivity (Wildman–Crippen MR) is 120 cm³/mol. The van der Waals surface area contributed by atoms with Gasteiger partial charge in [0, 0.05) is 36.4 Å². The number of hydrogen-bond donors (Lipinski definition) is 0. The van der Waals surface area contributed by atoms with Gasteiger partial charge in [0.05, 0.1) is 11.4 Å². The van der Waals surface area contributed by atoms with Crippen LogP contribution >= 0.6 is 11.6 Å². The fourth-order valence-electron chi connectivity index (χ4n) is 3.51. The van der Waals surface area contributed by atoms with Gasteiger partial charge in [-0.05, 0) is 36.4 Å². The van der Waals surface area contributed by atoms with Gasteiger partial charge in [-0.2, -0.15) is 0 Å². The van der Waals surface area contributed by atoms with E-state index in [4.69, 9.17) is 21.1 Å². The van der Waals surface area contributed by atoms with Gasteiger partial charge in [0.25, 0.3) is 0 Å². The molecule has 4 nitrogen and oxygen atoms in total. The van der Waals surface area contributed by atoms with Gasteiger partial charge in [-0.3, -0.25) is 4.79 Å². The molecule has 0 amide bonds. The maximum Gasteiger partial charge on any atom is 0.166 e. The van der Waals surface area contributed by atoms with Crippen molar-refractivity contribution in [3.05, 3.63) is 59.2 Å². The molecule has 1 aromatic heterocycles. The first kappa shape index (κ1) is 20.0. The molecule has 0 fully saturated rings. The first-order chi connectivity index (χ1) is 13.9. The topological polar surface area (TPSA) is 40.5 Å². The molecule has 0 N–H and O–H groups in total. The third-order valence-corrected chi connectivity index (χ3v) is 7.00. The van der Waals surface area contributed by atoms with E-state index in [2.05, 4.69) is 19.6 Å². The molecule has 6 heteroatoms. The van der Waals surface area contributed by atoms with E-state index in [9.17, 15) is 4.79 Å². The van der Waals surface area contributed by atoms with Crippen LogP contribution in [0.2, 0.25) is 30.7 Å². The van der Waals surface area contributed by atoms with Crippen LogP contribution < -0.4 is 4.74 Å². The van der Waals surface area contributed by atoms with Crippen LogP contribution in [0.3, 0.4) is 0 Å². The summed E-state index contributed by atoms with van der Waals surface area (Å²) in [6.07, 6.45) is 0.879. The molecule has 0 saturated carbocycles. The number of para-hydroxylation sites is 1. The number of carbonyl (C=O) groups is 1. The smallest absolute Gasteiger partial charge is 0.166 e. The molecule has 3 aromatic rings. The summed E-state index contributed by atoms with van der Waals surface area (Å²) in [5.41, 5.74) is 4.20. The largest absolute Gasteiger partial charge is 0.456 e. The first-order valence-corrected chi connectivity index (χ1v) is 13.8. The number of halogens is 1. The summed E-state index contributed by atoms with van der Waals surface area (Å²) in [6.45, 7) is 7.95. The van der Waals surface area contributed by atoms with Crippen LogP contribution in [0, 0.1) is 0 Å². The number of carbonyl (C=O) groups excluding carboxylic acids is 1. The monoisotopic (exact) mass is 425 g/mol. The van der Waals surface area contributed by atoms with E-state index in [1.54, 1.807) is 0 Å². The van der Waals surface area contributed by atoms with Crippen molar-refractivity contribution < 1.29 is 14.3 Å². The number of aldehydes is 1. The lowest BCUT2D eigenvalue weighted by molar-refractivity contribution is 0.0848. The Bertz CT molecular complexity index is 1070. The highest BCUT2D eigenvalue weighted by Crippen LogP contribution is 2.48. The molecular weight excluding hydrogens is 402 g/mol. The second-order valence-electron chi connectivity index (χ2n) is 8.46. The zero-order chi connectivity index (χ0) is 20.6. The van der Waals surface area contributed by atoms with Crippen LogP contribution in [0.5, 0.6) is 11.5 Å². The summed E-state index contributed by atoms with van der Waals surface area (Å²) in [5.74, 6) is 1.46. The lowest BCUT2D eigenvalue weighted by Gasteiger charge is -2.17. The number of hydrogen-bond acceptors (Lipinski definition) is 3. The lowest BCUT2D eigenvalue weighted by Crippen LogP contribution is -2.22. The van der Waals surface area contributed by atoms with Crippen LogP contribution in [-0.2, 0) is 11.5 Å². The number of benzene rings is 2. The minimum Gasteiger partial charge on any atom is -0.456 e. The second kappa shape index (κ2) is 7.82. The molecule has 0 aliphatic carbocycles. The number of nitrogens with zero attached hydrogens (tertiary/aromatic N) is 1. The van der Waals surface area contributed by atoms with Gasteiger partial charge >= 0.3 is 0 Å². The SMILES string of the molecule is C[Si](C)(C)CCOCn1c(C=O)cc2c1-c1cc(Cl)ccc1Oc1ccccc1-2. The predicted octanol–water partition coefficient (Wildman–Crippen LogP) is 6.71. The molecule has 0 spiro atoms. The van der Waals surface area contributed by atoms with Crippen LogP contribution in [0.4, 0.5) is 0 Å². The first-order valence-electron chi connectivity index (χ1n) is 9.71. The Morgan fingerprint density at radius 1 is 1.03 bits per heavy atom. The Hall–Kier alpha value is -2.34. The van der Waals surface area contributed by atoms with Gasteiger partial charge in [0.1, 0.15) is 18.2 Å². The van der Waals surface area contributed by atoms with Crippen molar-refractivity contribution in [3.63, 3.8) is 0 Å². The summed E-state index contributed by atoms with van der Waals surface area (Å²) in [6, 6.07) is 16.4. The standard InChI is InChI=1S/C23H24ClNO3Si/c1-29(2,3)11-10-27-15-25-17(14-26)13-19-18-6-4-5-7-21(18)28-22-9-8-16(24)12-20(22)23(19)25/h4-9,12-14H,10-11,15H2,1-3H3. The Balaban J connectivity index is 1.84. The zero-order valence-corrected chi connectivity index (χ0v) is 18.6. The van der Waals surface area contributed by atoms with Gasteiger partial charge in [0.15, 0.2) is 6.29 Å². The summed E-state index contributed by atoms with van der Waals surface area (Å²) in [7, 11) is -1.19. The van der Waals surface area contributed by atoms with E-state index in [0.29, 0.717) is 29.8 Å². The maximum absolute atomic E-state index is 11.9. The summed E-state index contributed by atoms with van der Waals surface area (Å²) in [4.78, 5) is 11.9. The number of aromatic nitrogens is 1. The van der Waals surface area contributed by atoms with Gasteiger partial charge in [-0.15, -0.1) is 0 Å². The van der Waals surface area contributed by atoms with Crippen LogP contribution in [-0.4, -0.2) is 25.5 Å². The fraction of sp³-hybridized carbons (Fsp3) is 0.261. The molecular formula is C23H24ClNO3Si. The molecule has 1 aliphatic rings. The Labute approximate surface area is 177 Å². The Morgan fingerprint density at radius 3 is 2.55 bits per heavy atom. The Morgan fingerprint density at radius 2 is 1.79 bits per heavy atom. The van der Waals surface area contributed by atoms with E-state index in [1.807, 2.05) is 53.1 Å². The van der Waals surface area contributed by atoms with Crippen molar-refractivity contribution in [2.24, 2.45) is 0 Å². The van der Waals surface area contributed by atoms with Gasteiger partial charge < -0.3 is 14.0 Å². The van der Waals surface area contributed by atoms with Crippen molar-refractivity contribution in [3.8, 4) is 33.9 Å². The van der Waals surface area contributed by atoms with E-state index in [1.165, 1.54) is 0 Å². The Kier molecular flexibility index (Phi) is 5.38. The summed E-state index contributed by atoms with van der Waals surface area (Å²) in [5, 5.41) is 0.615. The summed E-state index contributed by atoms with van der Waals surface area (Å²) >= 11 is 6.32. The molecule has 2 aromatic carbocycles. The lowest BCUT2D eigenvalue weighted by atomic mass is 10.0. The normalized spacial score (nSPS) is 12.4. The van der Waals surface area contributed by atoms with Crippen molar-refractivity contribution >= 4 is 26.0 Å². The zero-order valence-electron chi connectivity index (χ0n) is 16.9. The molecule has 4 rings (SSSR count). The molecule has 0 bridgehead atoms. The molecule has 0 atom stereocenters. The van der Waals surface area contributed by atoms with Crippen molar-refractivity contribution in [2.45, 2.75) is 32.4 Å². The minimum atomic E-state index is -1.19. The van der Waals surface area contributed by atoms with Gasteiger partial charge in [0.2, 0.25) is 0 Å². The van der Waals surface area contributed by atoms with E-state index < -0.39 is 8.07 Å². The molecule has 0 radical (unpaired) electrons. The number of fused-ring (bicyclic) bond motifs is 5. The van der Waals surface area contributed by atoms with E-state index >= 15 is 0 Å². The molecule has 1 aliphatic heterocycles. The summed E-state index contributed by atoms with van der Waals surface area (Å²) < 4.78 is 14.1. The van der Waals surface area contributed by atoms with Crippen LogP contribution in [0.1, 0.15) is 10.5 Å². The van der Waals surface area contributed by atoms with Crippen molar-refractivity contribution in [1.82, 2.24) is 4.57 Å². The quantitative estimate of drug-likeness (QED) is 0.196. The van der Waals surface area contributed by atoms with Crippen molar-refractivity contribution in [1.29, 1.82) is 0 Å². The highest BCUT2D eigenvalue weighted by Gasteiger charge is 2.26. The maximum atomic E-state index is 11.9. The van der Waals surface area contributed by atoms with Gasteiger partial charge in [-0.25, -0.2) is 0 Å². The van der Waals surface area contributed by atoms with E-state index in [-0.39, 0.29) is 0 Å². The second-order valence-corrected chi connectivity index (χ2v) is 14.5. The minimum absolute atomic E-state index is 0.308. The third kappa shape index (κ3) is 4.03.